The Morgan fingerprint density at radius 3 is 2.20 bits per heavy atom. The molecule has 1 aliphatic rings. The van der Waals surface area contributed by atoms with Crippen LogP contribution >= 0.6 is 11.6 Å². The zero-order valence-electron chi connectivity index (χ0n) is 5.43. The molecule has 1 N–H and O–H groups in total. The van der Waals surface area contributed by atoms with Crippen LogP contribution in [0, 0.1) is 5.41 Å². The van der Waals surface area contributed by atoms with Crippen molar-refractivity contribution in [3.05, 3.63) is 0 Å². The summed E-state index contributed by atoms with van der Waals surface area (Å²) in [5.74, 6) is -2.15. The molecule has 0 radical (unpaired) electrons. The Morgan fingerprint density at radius 2 is 2.10 bits per heavy atom. The molecule has 0 heterocycles. The molecule has 1 aliphatic carbocycles. The molecule has 10 heavy (non-hydrogen) atoms. The fraction of sp³-hybridized carbons (Fsp3) is 0.667. The predicted octanol–water partition coefficient (Wildman–Crippen LogP) is 0.657. The molecule has 1 fully saturated rings. The van der Waals surface area contributed by atoms with E-state index in [4.69, 9.17) is 16.7 Å². The highest BCUT2D eigenvalue weighted by Gasteiger charge is 2.57. The highest BCUT2D eigenvalue weighted by atomic mass is 35.5. The van der Waals surface area contributed by atoms with Crippen molar-refractivity contribution in [2.24, 2.45) is 5.41 Å². The number of carboxylic acid groups (broad SMARTS) is 1. The maximum Gasteiger partial charge on any atom is 0.372 e. The molecule has 2 unspecified atom stereocenters. The van der Waals surface area contributed by atoms with Gasteiger partial charge in [0.15, 0.2) is 0 Å². The van der Waals surface area contributed by atoms with Gasteiger partial charge in [0.2, 0.25) is 5.78 Å². The maximum absolute atomic E-state index is 10.8. The van der Waals surface area contributed by atoms with Gasteiger partial charge >= 0.3 is 5.97 Å². The first-order valence-corrected chi connectivity index (χ1v) is 3.34. The van der Waals surface area contributed by atoms with E-state index in [9.17, 15) is 9.59 Å². The van der Waals surface area contributed by atoms with Crippen LogP contribution in [0.5, 0.6) is 0 Å². The van der Waals surface area contributed by atoms with E-state index in [0.717, 1.165) is 0 Å². The van der Waals surface area contributed by atoms with E-state index >= 15 is 0 Å². The Bertz CT molecular complexity index is 201. The van der Waals surface area contributed by atoms with E-state index in [1.54, 1.807) is 6.92 Å². The number of alkyl halides is 1. The smallest absolute Gasteiger partial charge is 0.372 e. The van der Waals surface area contributed by atoms with E-state index in [1.165, 1.54) is 0 Å². The zero-order chi connectivity index (χ0) is 7.94. The summed E-state index contributed by atoms with van der Waals surface area (Å²) in [6.07, 6.45) is 0.486. The normalized spacial score (nSPS) is 37.2. The number of aliphatic carboxylic acids is 1. The first-order valence-electron chi connectivity index (χ1n) is 2.90. The van der Waals surface area contributed by atoms with E-state index in [2.05, 4.69) is 0 Å². The summed E-state index contributed by atoms with van der Waals surface area (Å²) in [7, 11) is 0. The number of carbonyl (C=O) groups is 2. The van der Waals surface area contributed by atoms with Gasteiger partial charge in [-0.2, -0.15) is 0 Å². The predicted molar refractivity (Wildman–Crippen MR) is 35.0 cm³/mol. The molecule has 2 atom stereocenters. The van der Waals surface area contributed by atoms with E-state index in [-0.39, 0.29) is 5.38 Å². The van der Waals surface area contributed by atoms with Gasteiger partial charge in [-0.05, 0) is 6.42 Å². The van der Waals surface area contributed by atoms with Crippen molar-refractivity contribution < 1.29 is 14.7 Å². The number of rotatable bonds is 2. The molecule has 1 saturated carbocycles. The van der Waals surface area contributed by atoms with Gasteiger partial charge in [-0.1, -0.05) is 6.92 Å². The van der Waals surface area contributed by atoms with Gasteiger partial charge in [0.25, 0.3) is 0 Å². The number of carboxylic acids is 1. The van der Waals surface area contributed by atoms with Gasteiger partial charge in [0.05, 0.1) is 5.41 Å². The Kier molecular flexibility index (Phi) is 1.47. The van der Waals surface area contributed by atoms with Gasteiger partial charge < -0.3 is 5.11 Å². The highest BCUT2D eigenvalue weighted by molar-refractivity contribution is 6.39. The zero-order valence-corrected chi connectivity index (χ0v) is 6.18. The van der Waals surface area contributed by atoms with Crippen molar-refractivity contribution in [2.45, 2.75) is 18.7 Å². The molecule has 0 aromatic carbocycles. The summed E-state index contributed by atoms with van der Waals surface area (Å²) < 4.78 is 0. The molecule has 1 rings (SSSR count). The van der Waals surface area contributed by atoms with Crippen LogP contribution in [0.3, 0.4) is 0 Å². The molecule has 56 valence electrons. The van der Waals surface area contributed by atoms with Crippen molar-refractivity contribution in [2.75, 3.05) is 0 Å². The minimum Gasteiger partial charge on any atom is -0.475 e. The van der Waals surface area contributed by atoms with Crippen molar-refractivity contribution in [1.29, 1.82) is 0 Å². The lowest BCUT2D eigenvalue weighted by atomic mass is 10.0. The standard InChI is InChI=1S/C6H7ClO3/c1-6(2-3(6)7)4(8)5(9)10/h3H,2H2,1H3,(H,9,10). The van der Waals surface area contributed by atoms with Crippen LogP contribution in [-0.4, -0.2) is 22.2 Å². The lowest BCUT2D eigenvalue weighted by molar-refractivity contribution is -0.151. The van der Waals surface area contributed by atoms with Crippen LogP contribution in [0.2, 0.25) is 0 Å². The van der Waals surface area contributed by atoms with Crippen molar-refractivity contribution in [3.63, 3.8) is 0 Å². The average molecular weight is 163 g/mol. The number of hydrogen-bond donors (Lipinski definition) is 1. The SMILES string of the molecule is CC1(C(=O)C(=O)O)CC1Cl. The van der Waals surface area contributed by atoms with Crippen LogP contribution in [0.4, 0.5) is 0 Å². The van der Waals surface area contributed by atoms with Crippen LogP contribution in [-0.2, 0) is 9.59 Å². The first kappa shape index (κ1) is 7.54. The van der Waals surface area contributed by atoms with Crippen LogP contribution in [0.25, 0.3) is 0 Å². The van der Waals surface area contributed by atoms with Crippen LogP contribution in [0.1, 0.15) is 13.3 Å². The molecule has 0 bridgehead atoms. The molecule has 0 amide bonds. The monoisotopic (exact) mass is 162 g/mol. The van der Waals surface area contributed by atoms with Gasteiger partial charge in [-0.15, -0.1) is 11.6 Å². The molecule has 0 aromatic rings. The fourth-order valence-corrected chi connectivity index (χ4v) is 1.21. The van der Waals surface area contributed by atoms with Gasteiger partial charge in [-0.25, -0.2) is 4.79 Å². The number of halogens is 1. The molecule has 3 nitrogen and oxygen atoms in total. The average Bonchev–Trinajstić information content (AvgIpc) is 2.41. The van der Waals surface area contributed by atoms with Gasteiger partial charge in [0, 0.05) is 5.38 Å². The molecular formula is C6H7ClO3. The van der Waals surface area contributed by atoms with Crippen molar-refractivity contribution in [3.8, 4) is 0 Å². The largest absolute Gasteiger partial charge is 0.475 e. The molecular weight excluding hydrogens is 156 g/mol. The second kappa shape index (κ2) is 1.95. The molecule has 0 saturated heterocycles. The number of hydrogen-bond acceptors (Lipinski definition) is 2. The third kappa shape index (κ3) is 0.904. The van der Waals surface area contributed by atoms with Gasteiger partial charge in [-0.3, -0.25) is 4.79 Å². The number of carbonyl (C=O) groups excluding carboxylic acids is 1. The third-order valence-corrected chi connectivity index (χ3v) is 2.48. The second-order valence-corrected chi connectivity index (χ2v) is 3.25. The maximum atomic E-state index is 10.8. The second-order valence-electron chi connectivity index (χ2n) is 2.72. The fourth-order valence-electron chi connectivity index (χ4n) is 0.793. The molecule has 0 aliphatic heterocycles. The highest BCUT2D eigenvalue weighted by Crippen LogP contribution is 2.50. The number of Topliss-reactive ketones (excluding diaryl/α,β-unsaturated/α-hetero) is 1. The van der Waals surface area contributed by atoms with Crippen molar-refractivity contribution in [1.82, 2.24) is 0 Å². The van der Waals surface area contributed by atoms with E-state index in [0.29, 0.717) is 6.42 Å². The summed E-state index contributed by atoms with van der Waals surface area (Å²) in [5, 5.41) is 7.99. The summed E-state index contributed by atoms with van der Waals surface area (Å²) in [6, 6.07) is 0. The van der Waals surface area contributed by atoms with Crippen LogP contribution in [0.15, 0.2) is 0 Å². The Morgan fingerprint density at radius 1 is 1.70 bits per heavy atom. The Labute approximate surface area is 63.0 Å². The van der Waals surface area contributed by atoms with E-state index < -0.39 is 17.2 Å². The first-order chi connectivity index (χ1) is 4.48. The lowest BCUT2D eigenvalue weighted by Gasteiger charge is -2.00. The quantitative estimate of drug-likeness (QED) is 0.479. The van der Waals surface area contributed by atoms with E-state index in [1.807, 2.05) is 0 Å². The summed E-state index contributed by atoms with van der Waals surface area (Å²) in [6.45, 7) is 1.57. The molecule has 0 aromatic heterocycles. The van der Waals surface area contributed by atoms with Crippen LogP contribution < -0.4 is 0 Å². The Hall–Kier alpha value is -0.570. The topological polar surface area (TPSA) is 54.4 Å². The third-order valence-electron chi connectivity index (χ3n) is 1.85. The summed E-state index contributed by atoms with van der Waals surface area (Å²) >= 11 is 5.55. The lowest BCUT2D eigenvalue weighted by Crippen LogP contribution is -2.23. The molecule has 4 heteroatoms. The Balaban J connectivity index is 2.68. The minimum atomic E-state index is -1.38. The summed E-state index contributed by atoms with van der Waals surface area (Å²) in [5.41, 5.74) is -0.784. The summed E-state index contributed by atoms with van der Waals surface area (Å²) in [4.78, 5) is 20.9. The minimum absolute atomic E-state index is 0.281. The van der Waals surface area contributed by atoms with Crippen molar-refractivity contribution >= 4 is 23.4 Å². The number of ketones is 1. The van der Waals surface area contributed by atoms with Gasteiger partial charge in [0.1, 0.15) is 0 Å². The molecule has 0 spiro atoms.